The van der Waals surface area contributed by atoms with Crippen molar-refractivity contribution in [2.24, 2.45) is 0 Å². The summed E-state index contributed by atoms with van der Waals surface area (Å²) in [6.07, 6.45) is 2.03. The quantitative estimate of drug-likeness (QED) is 0.749. The van der Waals surface area contributed by atoms with Crippen LogP contribution in [0.25, 0.3) is 0 Å². The van der Waals surface area contributed by atoms with Gasteiger partial charge in [0.25, 0.3) is 11.8 Å². The summed E-state index contributed by atoms with van der Waals surface area (Å²) in [5.74, 6) is -0.534. The number of amides is 2. The van der Waals surface area contributed by atoms with Gasteiger partial charge in [0.15, 0.2) is 9.84 Å². The summed E-state index contributed by atoms with van der Waals surface area (Å²) >= 11 is 0. The number of anilines is 1. The molecule has 1 aliphatic heterocycles. The zero-order chi connectivity index (χ0) is 20.9. The van der Waals surface area contributed by atoms with Crippen LogP contribution in [-0.4, -0.2) is 57.7 Å². The first-order valence-electron chi connectivity index (χ1n) is 9.43. The summed E-state index contributed by atoms with van der Waals surface area (Å²) in [6.45, 7) is 1.63. The lowest BCUT2D eigenvalue weighted by Crippen LogP contribution is -2.27. The lowest BCUT2D eigenvalue weighted by molar-refractivity contribution is 0.0792. The van der Waals surface area contributed by atoms with Crippen LogP contribution in [-0.2, 0) is 14.6 Å². The molecule has 2 aromatic rings. The Hall–Kier alpha value is -2.71. The molecule has 0 aliphatic carbocycles. The van der Waals surface area contributed by atoms with Crippen molar-refractivity contribution >= 4 is 27.3 Å². The first-order chi connectivity index (χ1) is 13.9. The number of methoxy groups -OCH3 is 1. The van der Waals surface area contributed by atoms with Crippen molar-refractivity contribution in [3.05, 3.63) is 59.7 Å². The average Bonchev–Trinajstić information content (AvgIpc) is 3.27. The molecule has 2 amide bonds. The first kappa shape index (κ1) is 21.0. The van der Waals surface area contributed by atoms with Crippen LogP contribution in [0.1, 0.15) is 33.6 Å². The van der Waals surface area contributed by atoms with Gasteiger partial charge in [0.05, 0.1) is 17.3 Å². The van der Waals surface area contributed by atoms with Gasteiger partial charge in [0, 0.05) is 37.0 Å². The third kappa shape index (κ3) is 5.21. The van der Waals surface area contributed by atoms with E-state index in [0.717, 1.165) is 25.9 Å². The molecule has 1 saturated heterocycles. The van der Waals surface area contributed by atoms with E-state index in [2.05, 4.69) is 5.32 Å². The number of rotatable bonds is 7. The van der Waals surface area contributed by atoms with Gasteiger partial charge in [-0.1, -0.05) is 6.07 Å². The number of carbonyl (C=O) groups excluding carboxylic acids is 2. The van der Waals surface area contributed by atoms with E-state index in [-0.39, 0.29) is 29.1 Å². The second-order valence-corrected chi connectivity index (χ2v) is 8.98. The van der Waals surface area contributed by atoms with Crippen LogP contribution in [0.3, 0.4) is 0 Å². The maximum atomic E-state index is 12.5. The van der Waals surface area contributed by atoms with Gasteiger partial charge in [0.2, 0.25) is 0 Å². The number of nitrogens with one attached hydrogen (secondary N) is 1. The standard InChI is InChI=1S/C21H24N2O5S/c1-28-13-14-29(26,27)19-9-7-16(8-10-19)20(24)22-18-6-4-5-17(15-18)21(25)23-11-2-3-12-23/h4-10,15H,2-3,11-14H2,1H3,(H,22,24). The smallest absolute Gasteiger partial charge is 0.255 e. The molecule has 0 unspecified atom stereocenters. The minimum Gasteiger partial charge on any atom is -0.384 e. The maximum absolute atomic E-state index is 12.5. The normalized spacial score (nSPS) is 14.0. The third-order valence-electron chi connectivity index (χ3n) is 4.79. The van der Waals surface area contributed by atoms with Crippen LogP contribution < -0.4 is 5.32 Å². The molecule has 0 radical (unpaired) electrons. The molecule has 0 atom stereocenters. The Bertz CT molecular complexity index is 980. The van der Waals surface area contributed by atoms with E-state index in [1.54, 1.807) is 24.3 Å². The molecule has 0 aromatic heterocycles. The molecule has 1 N–H and O–H groups in total. The van der Waals surface area contributed by atoms with Gasteiger partial charge in [-0.25, -0.2) is 8.42 Å². The van der Waals surface area contributed by atoms with Crippen molar-refractivity contribution in [1.82, 2.24) is 4.90 Å². The number of likely N-dealkylation sites (tertiary alicyclic amines) is 1. The number of carbonyl (C=O) groups is 2. The van der Waals surface area contributed by atoms with E-state index in [1.165, 1.54) is 31.4 Å². The van der Waals surface area contributed by atoms with Crippen molar-refractivity contribution in [3.63, 3.8) is 0 Å². The molecule has 1 aliphatic rings. The average molecular weight is 416 g/mol. The zero-order valence-corrected chi connectivity index (χ0v) is 17.1. The van der Waals surface area contributed by atoms with Gasteiger partial charge in [0.1, 0.15) is 0 Å². The summed E-state index contributed by atoms with van der Waals surface area (Å²) in [5.41, 5.74) is 1.37. The first-order valence-corrected chi connectivity index (χ1v) is 11.1. The van der Waals surface area contributed by atoms with E-state index in [9.17, 15) is 18.0 Å². The Kier molecular flexibility index (Phi) is 6.66. The van der Waals surface area contributed by atoms with Crippen molar-refractivity contribution in [2.75, 3.05) is 37.9 Å². The fourth-order valence-corrected chi connectivity index (χ4v) is 4.33. The summed E-state index contributed by atoms with van der Waals surface area (Å²) in [5, 5.41) is 2.76. The highest BCUT2D eigenvalue weighted by molar-refractivity contribution is 7.91. The van der Waals surface area contributed by atoms with Gasteiger partial charge in [-0.15, -0.1) is 0 Å². The predicted octanol–water partition coefficient (Wildman–Crippen LogP) is 2.60. The largest absolute Gasteiger partial charge is 0.384 e. The number of sulfone groups is 1. The van der Waals surface area contributed by atoms with Crippen molar-refractivity contribution in [2.45, 2.75) is 17.7 Å². The lowest BCUT2D eigenvalue weighted by Gasteiger charge is -2.15. The van der Waals surface area contributed by atoms with E-state index in [1.807, 2.05) is 4.90 Å². The summed E-state index contributed by atoms with van der Waals surface area (Å²) in [7, 11) is -2.00. The van der Waals surface area contributed by atoms with Crippen molar-refractivity contribution in [1.29, 1.82) is 0 Å². The highest BCUT2D eigenvalue weighted by Crippen LogP contribution is 2.18. The summed E-state index contributed by atoms with van der Waals surface area (Å²) < 4.78 is 29.1. The van der Waals surface area contributed by atoms with Crippen molar-refractivity contribution in [3.8, 4) is 0 Å². The van der Waals surface area contributed by atoms with Gasteiger partial charge in [-0.3, -0.25) is 9.59 Å². The topological polar surface area (TPSA) is 92.8 Å². The molecule has 154 valence electrons. The van der Waals surface area contributed by atoms with E-state index < -0.39 is 9.84 Å². The monoisotopic (exact) mass is 416 g/mol. The van der Waals surface area contributed by atoms with Crippen LogP contribution in [0.5, 0.6) is 0 Å². The highest BCUT2D eigenvalue weighted by atomic mass is 32.2. The number of ether oxygens (including phenoxy) is 1. The molecule has 1 heterocycles. The van der Waals surface area contributed by atoms with Crippen LogP contribution in [0.2, 0.25) is 0 Å². The second-order valence-electron chi connectivity index (χ2n) is 6.87. The number of benzene rings is 2. The molecular weight excluding hydrogens is 392 g/mol. The van der Waals surface area contributed by atoms with Gasteiger partial charge in [-0.05, 0) is 55.3 Å². The van der Waals surface area contributed by atoms with Gasteiger partial charge < -0.3 is 15.0 Å². The Labute approximate surface area is 170 Å². The molecule has 8 heteroatoms. The molecule has 7 nitrogen and oxygen atoms in total. The molecule has 0 spiro atoms. The maximum Gasteiger partial charge on any atom is 0.255 e. The summed E-state index contributed by atoms with van der Waals surface area (Å²) in [6, 6.07) is 12.6. The molecule has 1 fully saturated rings. The van der Waals surface area contributed by atoms with E-state index in [0.29, 0.717) is 16.8 Å². The highest BCUT2D eigenvalue weighted by Gasteiger charge is 2.20. The van der Waals surface area contributed by atoms with E-state index >= 15 is 0 Å². The van der Waals surface area contributed by atoms with Gasteiger partial charge in [-0.2, -0.15) is 0 Å². The predicted molar refractivity (Wildman–Crippen MR) is 110 cm³/mol. The van der Waals surface area contributed by atoms with Crippen LogP contribution >= 0.6 is 0 Å². The minimum absolute atomic E-state index is 0.0378. The second kappa shape index (κ2) is 9.19. The minimum atomic E-state index is -3.45. The van der Waals surface area contributed by atoms with E-state index in [4.69, 9.17) is 4.74 Å². The lowest BCUT2D eigenvalue weighted by atomic mass is 10.1. The number of hydrogen-bond acceptors (Lipinski definition) is 5. The fraction of sp³-hybridized carbons (Fsp3) is 0.333. The Morgan fingerprint density at radius 1 is 1.03 bits per heavy atom. The zero-order valence-electron chi connectivity index (χ0n) is 16.3. The Morgan fingerprint density at radius 3 is 2.38 bits per heavy atom. The summed E-state index contributed by atoms with van der Waals surface area (Å²) in [4.78, 5) is 27.0. The molecular formula is C21H24N2O5S. The van der Waals surface area contributed by atoms with Crippen LogP contribution in [0.15, 0.2) is 53.4 Å². The van der Waals surface area contributed by atoms with Crippen LogP contribution in [0, 0.1) is 0 Å². The molecule has 0 bridgehead atoms. The fourth-order valence-electron chi connectivity index (χ4n) is 3.16. The molecule has 2 aromatic carbocycles. The Morgan fingerprint density at radius 2 is 1.72 bits per heavy atom. The SMILES string of the molecule is COCCS(=O)(=O)c1ccc(C(=O)Nc2cccc(C(=O)N3CCCC3)c2)cc1. The Balaban J connectivity index is 1.69. The molecule has 29 heavy (non-hydrogen) atoms. The molecule has 0 saturated carbocycles. The number of nitrogens with zero attached hydrogens (tertiary/aromatic N) is 1. The third-order valence-corrected chi connectivity index (χ3v) is 6.49. The van der Waals surface area contributed by atoms with Gasteiger partial charge >= 0.3 is 0 Å². The molecule has 3 rings (SSSR count). The van der Waals surface area contributed by atoms with Crippen molar-refractivity contribution < 1.29 is 22.7 Å². The number of hydrogen-bond donors (Lipinski definition) is 1. The van der Waals surface area contributed by atoms with Crippen LogP contribution in [0.4, 0.5) is 5.69 Å².